The van der Waals surface area contributed by atoms with E-state index < -0.39 is 97.4 Å². The van der Waals surface area contributed by atoms with Crippen LogP contribution in [0.5, 0.6) is 17.2 Å². The van der Waals surface area contributed by atoms with Crippen molar-refractivity contribution in [1.82, 2.24) is 0 Å². The molecule has 0 aliphatic carbocycles. The normalized spacial score (nSPS) is 12.7. The van der Waals surface area contributed by atoms with Gasteiger partial charge in [-0.3, -0.25) is 19.2 Å². The van der Waals surface area contributed by atoms with E-state index in [4.69, 9.17) is 4.55 Å². The van der Waals surface area contributed by atoms with Crippen LogP contribution in [-0.2, 0) is 34.5 Å². The minimum Gasteiger partial charge on any atom is -0.505 e. The summed E-state index contributed by atoms with van der Waals surface area (Å²) in [7, 11) is -14.5. The van der Waals surface area contributed by atoms with E-state index >= 15 is 0 Å². The number of phenols is 3. The molecule has 0 radical (unpaired) electrons. The van der Waals surface area contributed by atoms with Crippen LogP contribution < -0.4 is 0 Å². The fourth-order valence-electron chi connectivity index (χ4n) is 3.00. The van der Waals surface area contributed by atoms with Gasteiger partial charge in [-0.15, -0.1) is 20.5 Å². The molecule has 224 valence electrons. The molecule has 0 saturated heterocycles. The Morgan fingerprint density at radius 3 is 1.95 bits per heavy atom. The molecule has 0 saturated carbocycles. The van der Waals surface area contributed by atoms with Crippen molar-refractivity contribution >= 4 is 58.8 Å². The smallest absolute Gasteiger partial charge is 0.397 e. The molecule has 0 heterocycles. The molecule has 19 nitrogen and oxygen atoms in total. The number of nitro benzene ring substituents is 1. The highest BCUT2D eigenvalue weighted by atomic mass is 32.3. The second-order valence-corrected chi connectivity index (χ2v) is 12.4. The van der Waals surface area contributed by atoms with Crippen molar-refractivity contribution in [1.29, 1.82) is 0 Å². The SMILES string of the molecule is O=[N+]([O-])c1ccc(/N=N/c2c(O)ccc(/N=N/c3ccc(S(=O)(=O)CCOS(=O)(=O)O)cc3S(=O)(=O)O)c2O)c(O)c1. The van der Waals surface area contributed by atoms with Crippen molar-refractivity contribution in [2.24, 2.45) is 20.5 Å². The van der Waals surface area contributed by atoms with Gasteiger partial charge in [0.05, 0.1) is 28.2 Å². The number of non-ortho nitro benzene ring substituents is 1. The van der Waals surface area contributed by atoms with Gasteiger partial charge in [-0.1, -0.05) is 0 Å². The van der Waals surface area contributed by atoms with Crippen LogP contribution >= 0.6 is 0 Å². The van der Waals surface area contributed by atoms with Crippen LogP contribution in [0.25, 0.3) is 0 Å². The number of hydrogen-bond acceptors (Lipinski definition) is 16. The standard InChI is InChI=1S/C20H17N5O14S3/c26-16-6-5-15(20(28)19(16)24-21-13-3-1-11(25(29)30)9-17(13)27)23-22-14-4-2-12(10-18(14)41(33,34)35)40(31,32)8-7-39-42(36,37)38/h1-6,9-10,26-28H,7-8H2,(H,33,34,35)(H,36,37,38)/b23-22+,24-21+. The first kappa shape index (κ1) is 31.9. The molecule has 0 aliphatic rings. The number of phenolic OH excluding ortho intramolecular Hbond substituents is 3. The van der Waals surface area contributed by atoms with Crippen LogP contribution in [0, 0.1) is 10.1 Å². The largest absolute Gasteiger partial charge is 0.505 e. The maximum atomic E-state index is 12.4. The van der Waals surface area contributed by atoms with Gasteiger partial charge in [-0.05, 0) is 36.4 Å². The summed E-state index contributed by atoms with van der Waals surface area (Å²) in [6.45, 7) is -1.01. The Bertz CT molecular complexity index is 1940. The molecule has 0 aromatic heterocycles. The average molecular weight is 648 g/mol. The van der Waals surface area contributed by atoms with Gasteiger partial charge < -0.3 is 15.3 Å². The summed E-state index contributed by atoms with van der Waals surface area (Å²) in [6.07, 6.45) is 0. The summed E-state index contributed by atoms with van der Waals surface area (Å²) >= 11 is 0. The second kappa shape index (κ2) is 12.1. The first-order valence-corrected chi connectivity index (χ1v) is 15.2. The van der Waals surface area contributed by atoms with Crippen LogP contribution in [-0.4, -0.2) is 67.0 Å². The van der Waals surface area contributed by atoms with E-state index in [-0.39, 0.29) is 5.69 Å². The number of benzene rings is 3. The zero-order valence-electron chi connectivity index (χ0n) is 20.4. The predicted octanol–water partition coefficient (Wildman–Crippen LogP) is 3.38. The lowest BCUT2D eigenvalue weighted by atomic mass is 10.2. The highest BCUT2D eigenvalue weighted by molar-refractivity contribution is 7.91. The van der Waals surface area contributed by atoms with Crippen LogP contribution in [0.2, 0.25) is 0 Å². The molecule has 3 aromatic carbocycles. The average Bonchev–Trinajstić information content (AvgIpc) is 2.87. The van der Waals surface area contributed by atoms with Crippen LogP contribution in [0.1, 0.15) is 0 Å². The lowest BCUT2D eigenvalue weighted by molar-refractivity contribution is -0.384. The van der Waals surface area contributed by atoms with Gasteiger partial charge in [0.2, 0.25) is 0 Å². The fraction of sp³-hybridized carbons (Fsp3) is 0.100. The molecule has 0 unspecified atom stereocenters. The minimum atomic E-state index is -5.13. The summed E-state index contributed by atoms with van der Waals surface area (Å²) in [5.41, 5.74) is -2.37. The van der Waals surface area contributed by atoms with Gasteiger partial charge >= 0.3 is 10.4 Å². The Hall–Kier alpha value is -4.61. The van der Waals surface area contributed by atoms with Gasteiger partial charge in [-0.25, -0.2) is 12.6 Å². The third-order valence-electron chi connectivity index (χ3n) is 4.95. The number of hydrogen-bond donors (Lipinski definition) is 5. The Kier molecular flexibility index (Phi) is 9.19. The molecule has 0 aliphatic heterocycles. The van der Waals surface area contributed by atoms with E-state index in [1.54, 1.807) is 0 Å². The minimum absolute atomic E-state index is 0.274. The highest BCUT2D eigenvalue weighted by Gasteiger charge is 2.23. The quantitative estimate of drug-likeness (QED) is 0.0862. The fourth-order valence-corrected chi connectivity index (χ4v) is 5.24. The molecular weight excluding hydrogens is 630 g/mol. The Balaban J connectivity index is 1.96. The Morgan fingerprint density at radius 1 is 0.762 bits per heavy atom. The van der Waals surface area contributed by atoms with Crippen LogP contribution in [0.4, 0.5) is 28.4 Å². The molecule has 0 amide bonds. The second-order valence-electron chi connectivity index (χ2n) is 7.80. The van der Waals surface area contributed by atoms with E-state index in [0.29, 0.717) is 6.07 Å². The van der Waals surface area contributed by atoms with Gasteiger partial charge in [0.1, 0.15) is 33.5 Å². The summed E-state index contributed by atoms with van der Waals surface area (Å²) in [4.78, 5) is 8.28. The number of nitrogens with zero attached hydrogens (tertiary/aromatic N) is 5. The van der Waals surface area contributed by atoms with E-state index in [1.165, 1.54) is 0 Å². The lowest BCUT2D eigenvalue weighted by Crippen LogP contribution is -2.16. The van der Waals surface area contributed by atoms with E-state index in [0.717, 1.165) is 42.5 Å². The maximum Gasteiger partial charge on any atom is 0.397 e. The van der Waals surface area contributed by atoms with E-state index in [2.05, 4.69) is 24.6 Å². The number of nitro groups is 1. The summed E-state index contributed by atoms with van der Waals surface area (Å²) in [5, 5.41) is 55.6. The van der Waals surface area contributed by atoms with E-state index in [9.17, 15) is 55.2 Å². The van der Waals surface area contributed by atoms with Crippen molar-refractivity contribution < 1.29 is 58.8 Å². The molecule has 3 rings (SSSR count). The molecular formula is C20H17N5O14S3. The zero-order chi connectivity index (χ0) is 31.5. The molecule has 0 bridgehead atoms. The first-order valence-electron chi connectivity index (χ1n) is 10.7. The predicted molar refractivity (Wildman–Crippen MR) is 139 cm³/mol. The third kappa shape index (κ3) is 7.99. The number of azo groups is 2. The summed E-state index contributed by atoms with van der Waals surface area (Å²) in [6, 6.07) is 6.99. The summed E-state index contributed by atoms with van der Waals surface area (Å²) < 4.78 is 92.0. The van der Waals surface area contributed by atoms with Crippen molar-refractivity contribution in [2.75, 3.05) is 12.4 Å². The Morgan fingerprint density at radius 2 is 1.36 bits per heavy atom. The van der Waals surface area contributed by atoms with Gasteiger partial charge in [-0.2, -0.15) is 16.8 Å². The van der Waals surface area contributed by atoms with Gasteiger partial charge in [0.15, 0.2) is 21.3 Å². The molecule has 3 aromatic rings. The van der Waals surface area contributed by atoms with Gasteiger partial charge in [0, 0.05) is 6.07 Å². The van der Waals surface area contributed by atoms with Crippen molar-refractivity contribution in [3.8, 4) is 17.2 Å². The van der Waals surface area contributed by atoms with Crippen molar-refractivity contribution in [2.45, 2.75) is 9.79 Å². The third-order valence-corrected chi connectivity index (χ3v) is 7.98. The van der Waals surface area contributed by atoms with Crippen molar-refractivity contribution in [3.05, 3.63) is 58.6 Å². The van der Waals surface area contributed by atoms with Crippen LogP contribution in [0.3, 0.4) is 0 Å². The Labute approximate surface area is 235 Å². The van der Waals surface area contributed by atoms with Crippen molar-refractivity contribution in [3.63, 3.8) is 0 Å². The number of sulfone groups is 1. The number of aromatic hydroxyl groups is 3. The molecule has 0 atom stereocenters. The molecule has 0 spiro atoms. The molecule has 42 heavy (non-hydrogen) atoms. The topological polar surface area (TPSA) is 305 Å². The lowest BCUT2D eigenvalue weighted by Gasteiger charge is -2.08. The van der Waals surface area contributed by atoms with E-state index in [1.807, 2.05) is 0 Å². The molecule has 0 fully saturated rings. The summed E-state index contributed by atoms with van der Waals surface area (Å²) in [5.74, 6) is -3.13. The monoisotopic (exact) mass is 647 g/mol. The first-order chi connectivity index (χ1) is 19.4. The van der Waals surface area contributed by atoms with Crippen LogP contribution in [0.15, 0.2) is 78.8 Å². The number of rotatable bonds is 11. The maximum absolute atomic E-state index is 12.4. The molecule has 5 N–H and O–H groups in total. The molecule has 22 heteroatoms. The highest BCUT2D eigenvalue weighted by Crippen LogP contribution is 2.45. The van der Waals surface area contributed by atoms with Gasteiger partial charge in [0.25, 0.3) is 15.8 Å². The zero-order valence-corrected chi connectivity index (χ0v) is 22.9.